The first-order valence-electron chi connectivity index (χ1n) is 7.77. The molecule has 0 saturated heterocycles. The molecule has 0 spiro atoms. The summed E-state index contributed by atoms with van der Waals surface area (Å²) in [4.78, 5) is 12.2. The molecule has 1 rings (SSSR count). The number of carbonyl (C=O) groups is 1. The molecule has 21 heavy (non-hydrogen) atoms. The molecular formula is C17H27NO3. The van der Waals surface area contributed by atoms with Crippen LogP contribution in [0.5, 0.6) is 5.75 Å². The van der Waals surface area contributed by atoms with E-state index >= 15 is 0 Å². The van der Waals surface area contributed by atoms with E-state index in [-0.39, 0.29) is 12.0 Å². The van der Waals surface area contributed by atoms with Gasteiger partial charge in [-0.25, -0.2) is 4.79 Å². The number of carbonyl (C=O) groups excluding carboxylic acids is 1. The van der Waals surface area contributed by atoms with E-state index in [0.29, 0.717) is 13.2 Å². The number of nitrogens with one attached hydrogen (secondary N) is 1. The smallest absolute Gasteiger partial charge is 0.327 e. The van der Waals surface area contributed by atoms with Crippen molar-refractivity contribution in [3.63, 3.8) is 0 Å². The molecule has 0 bridgehead atoms. The van der Waals surface area contributed by atoms with Gasteiger partial charge in [0.15, 0.2) is 0 Å². The van der Waals surface area contributed by atoms with E-state index in [1.807, 2.05) is 31.2 Å². The summed E-state index contributed by atoms with van der Waals surface area (Å²) in [6.07, 6.45) is 1.90. The summed E-state index contributed by atoms with van der Waals surface area (Å²) in [5, 5.41) is 3.32. The highest BCUT2D eigenvalue weighted by Crippen LogP contribution is 2.21. The molecule has 0 aliphatic carbocycles. The number of hydrogen-bond donors (Lipinski definition) is 1. The van der Waals surface area contributed by atoms with Crippen LogP contribution in [0.2, 0.25) is 0 Å². The lowest BCUT2D eigenvalue weighted by atomic mass is 10.1. The molecule has 0 aromatic heterocycles. The zero-order valence-electron chi connectivity index (χ0n) is 13.5. The lowest BCUT2D eigenvalue weighted by Gasteiger charge is -2.22. The van der Waals surface area contributed by atoms with Crippen LogP contribution in [-0.2, 0) is 9.53 Å². The van der Waals surface area contributed by atoms with E-state index in [4.69, 9.17) is 9.47 Å². The Balaban J connectivity index is 2.92. The average molecular weight is 293 g/mol. The zero-order valence-corrected chi connectivity index (χ0v) is 13.5. The minimum absolute atomic E-state index is 0.236. The van der Waals surface area contributed by atoms with E-state index in [2.05, 4.69) is 26.1 Å². The predicted octanol–water partition coefficient (Wildman–Crippen LogP) is 3.47. The van der Waals surface area contributed by atoms with Crippen molar-refractivity contribution in [2.24, 2.45) is 0 Å². The van der Waals surface area contributed by atoms with Gasteiger partial charge in [-0.05, 0) is 44.4 Å². The molecule has 0 aliphatic heterocycles. The summed E-state index contributed by atoms with van der Waals surface area (Å²) in [5.41, 5.74) is 0.877. The van der Waals surface area contributed by atoms with Crippen LogP contribution in [0.3, 0.4) is 0 Å². The third-order valence-electron chi connectivity index (χ3n) is 3.25. The standard InChI is InChI=1S/C17H27NO3/c1-5-11-21-15-10-8-9-14(12-15)16(17(19)20-7-3)18-13(4)6-2/h8-10,12-13,16,18H,5-7,11H2,1-4H3. The van der Waals surface area contributed by atoms with Gasteiger partial charge in [0.05, 0.1) is 13.2 Å². The maximum Gasteiger partial charge on any atom is 0.327 e. The summed E-state index contributed by atoms with van der Waals surface area (Å²) in [6, 6.07) is 7.43. The van der Waals surface area contributed by atoms with Gasteiger partial charge in [0.1, 0.15) is 11.8 Å². The van der Waals surface area contributed by atoms with Crippen LogP contribution in [-0.4, -0.2) is 25.2 Å². The largest absolute Gasteiger partial charge is 0.494 e. The molecule has 2 unspecified atom stereocenters. The lowest BCUT2D eigenvalue weighted by molar-refractivity contribution is -0.146. The van der Waals surface area contributed by atoms with Crippen molar-refractivity contribution in [3.8, 4) is 5.75 Å². The molecule has 2 atom stereocenters. The normalized spacial score (nSPS) is 13.5. The fourth-order valence-electron chi connectivity index (χ4n) is 1.93. The van der Waals surface area contributed by atoms with E-state index in [1.165, 1.54) is 0 Å². The van der Waals surface area contributed by atoms with Crippen molar-refractivity contribution < 1.29 is 14.3 Å². The Bertz CT molecular complexity index is 434. The first kappa shape index (κ1) is 17.5. The summed E-state index contributed by atoms with van der Waals surface area (Å²) in [5.74, 6) is 0.542. The molecule has 118 valence electrons. The minimum atomic E-state index is -0.454. The van der Waals surface area contributed by atoms with Crippen molar-refractivity contribution in [2.75, 3.05) is 13.2 Å². The Morgan fingerprint density at radius 1 is 1.29 bits per heavy atom. The van der Waals surface area contributed by atoms with Crippen LogP contribution in [0.15, 0.2) is 24.3 Å². The van der Waals surface area contributed by atoms with Gasteiger partial charge in [0.2, 0.25) is 0 Å². The second kappa shape index (κ2) is 9.40. The van der Waals surface area contributed by atoms with Crippen molar-refractivity contribution in [1.29, 1.82) is 0 Å². The van der Waals surface area contributed by atoms with Gasteiger partial charge in [-0.3, -0.25) is 5.32 Å². The van der Waals surface area contributed by atoms with E-state index < -0.39 is 6.04 Å². The van der Waals surface area contributed by atoms with Gasteiger partial charge in [0, 0.05) is 6.04 Å². The van der Waals surface area contributed by atoms with Crippen molar-refractivity contribution in [1.82, 2.24) is 5.32 Å². The predicted molar refractivity (Wildman–Crippen MR) is 84.5 cm³/mol. The summed E-state index contributed by atoms with van der Waals surface area (Å²) in [7, 11) is 0. The third-order valence-corrected chi connectivity index (χ3v) is 3.25. The van der Waals surface area contributed by atoms with Gasteiger partial charge in [0.25, 0.3) is 0 Å². The zero-order chi connectivity index (χ0) is 15.7. The molecule has 0 fully saturated rings. The molecular weight excluding hydrogens is 266 g/mol. The van der Waals surface area contributed by atoms with Crippen LogP contribution in [0, 0.1) is 0 Å². The Morgan fingerprint density at radius 3 is 2.67 bits per heavy atom. The van der Waals surface area contributed by atoms with Crippen LogP contribution in [0.1, 0.15) is 52.1 Å². The molecule has 0 radical (unpaired) electrons. The third kappa shape index (κ3) is 5.76. The van der Waals surface area contributed by atoms with E-state index in [0.717, 1.165) is 24.2 Å². The second-order valence-electron chi connectivity index (χ2n) is 5.08. The molecule has 4 nitrogen and oxygen atoms in total. The van der Waals surface area contributed by atoms with Crippen LogP contribution in [0.4, 0.5) is 0 Å². The molecule has 0 saturated carbocycles. The van der Waals surface area contributed by atoms with E-state index in [1.54, 1.807) is 0 Å². The summed E-state index contributed by atoms with van der Waals surface area (Å²) < 4.78 is 10.8. The van der Waals surface area contributed by atoms with Crippen molar-refractivity contribution in [3.05, 3.63) is 29.8 Å². The molecule has 0 heterocycles. The Kier molecular flexibility index (Phi) is 7.83. The van der Waals surface area contributed by atoms with Crippen molar-refractivity contribution >= 4 is 5.97 Å². The van der Waals surface area contributed by atoms with Crippen LogP contribution in [0.25, 0.3) is 0 Å². The lowest BCUT2D eigenvalue weighted by Crippen LogP contribution is -2.36. The first-order valence-corrected chi connectivity index (χ1v) is 7.77. The van der Waals surface area contributed by atoms with E-state index in [9.17, 15) is 4.79 Å². The Labute approximate surface area is 127 Å². The Morgan fingerprint density at radius 2 is 2.05 bits per heavy atom. The van der Waals surface area contributed by atoms with Gasteiger partial charge in [-0.15, -0.1) is 0 Å². The Hall–Kier alpha value is -1.55. The minimum Gasteiger partial charge on any atom is -0.494 e. The van der Waals surface area contributed by atoms with Crippen LogP contribution >= 0.6 is 0 Å². The average Bonchev–Trinajstić information content (AvgIpc) is 2.50. The van der Waals surface area contributed by atoms with Gasteiger partial charge < -0.3 is 9.47 Å². The van der Waals surface area contributed by atoms with Gasteiger partial charge in [-0.2, -0.15) is 0 Å². The summed E-state index contributed by atoms with van der Waals surface area (Å²) >= 11 is 0. The van der Waals surface area contributed by atoms with Gasteiger partial charge in [-0.1, -0.05) is 26.0 Å². The molecule has 1 N–H and O–H groups in total. The number of benzene rings is 1. The molecule has 1 aromatic rings. The molecule has 0 aliphatic rings. The maximum atomic E-state index is 12.2. The maximum absolute atomic E-state index is 12.2. The van der Waals surface area contributed by atoms with Gasteiger partial charge >= 0.3 is 5.97 Å². The number of hydrogen-bond acceptors (Lipinski definition) is 4. The fourth-order valence-corrected chi connectivity index (χ4v) is 1.93. The SMILES string of the molecule is CCCOc1cccc(C(NC(C)CC)C(=O)OCC)c1. The quantitative estimate of drug-likeness (QED) is 0.708. The van der Waals surface area contributed by atoms with Crippen molar-refractivity contribution in [2.45, 2.75) is 52.6 Å². The number of esters is 1. The second-order valence-corrected chi connectivity index (χ2v) is 5.08. The fraction of sp³-hybridized carbons (Fsp3) is 0.588. The number of ether oxygens (including phenoxy) is 2. The highest BCUT2D eigenvalue weighted by atomic mass is 16.5. The number of rotatable bonds is 9. The highest BCUT2D eigenvalue weighted by Gasteiger charge is 2.23. The molecule has 0 amide bonds. The molecule has 1 aromatic carbocycles. The monoisotopic (exact) mass is 293 g/mol. The first-order chi connectivity index (χ1) is 10.1. The molecule has 4 heteroatoms. The topological polar surface area (TPSA) is 47.6 Å². The van der Waals surface area contributed by atoms with Crippen LogP contribution < -0.4 is 10.1 Å². The summed E-state index contributed by atoms with van der Waals surface area (Å²) in [6.45, 7) is 9.08. The highest BCUT2D eigenvalue weighted by molar-refractivity contribution is 5.77.